The SMILES string of the molecule is Cc1ccc([C@@H]2C[C@@H](c3ccco3)n3ncnc3N2)cc1. The van der Waals surface area contributed by atoms with Crippen LogP contribution in [0.1, 0.15) is 35.4 Å². The van der Waals surface area contributed by atoms with Crippen molar-refractivity contribution in [1.82, 2.24) is 14.8 Å². The molecule has 2 aromatic heterocycles. The van der Waals surface area contributed by atoms with Crippen LogP contribution in [0.5, 0.6) is 0 Å². The predicted octanol–water partition coefficient (Wildman–Crippen LogP) is 3.33. The first-order valence-electron chi connectivity index (χ1n) is 7.07. The summed E-state index contributed by atoms with van der Waals surface area (Å²) in [5.41, 5.74) is 2.52. The summed E-state index contributed by atoms with van der Waals surface area (Å²) in [6, 6.07) is 12.8. The van der Waals surface area contributed by atoms with Gasteiger partial charge in [0.15, 0.2) is 0 Å². The molecule has 0 unspecified atom stereocenters. The number of rotatable bonds is 2. The third-order valence-corrected chi connectivity index (χ3v) is 3.98. The van der Waals surface area contributed by atoms with Crippen molar-refractivity contribution in [2.45, 2.75) is 25.4 Å². The Morgan fingerprint density at radius 1 is 1.24 bits per heavy atom. The Kier molecular flexibility index (Phi) is 2.77. The van der Waals surface area contributed by atoms with Gasteiger partial charge in [-0.15, -0.1) is 0 Å². The van der Waals surface area contributed by atoms with Crippen molar-refractivity contribution in [3.8, 4) is 0 Å². The minimum absolute atomic E-state index is 0.0741. The molecule has 21 heavy (non-hydrogen) atoms. The van der Waals surface area contributed by atoms with Gasteiger partial charge in [0, 0.05) is 6.42 Å². The van der Waals surface area contributed by atoms with Crippen molar-refractivity contribution >= 4 is 5.95 Å². The summed E-state index contributed by atoms with van der Waals surface area (Å²) in [6.45, 7) is 2.10. The van der Waals surface area contributed by atoms with Crippen LogP contribution in [-0.4, -0.2) is 14.8 Å². The largest absolute Gasteiger partial charge is 0.467 e. The van der Waals surface area contributed by atoms with Crippen LogP contribution in [0.25, 0.3) is 0 Å². The van der Waals surface area contributed by atoms with Gasteiger partial charge in [-0.1, -0.05) is 29.8 Å². The zero-order chi connectivity index (χ0) is 14.2. The molecular formula is C16H16N4O. The number of aryl methyl sites for hydroxylation is 1. The predicted molar refractivity (Wildman–Crippen MR) is 79.0 cm³/mol. The highest BCUT2D eigenvalue weighted by Gasteiger charge is 2.31. The highest BCUT2D eigenvalue weighted by molar-refractivity contribution is 5.37. The quantitative estimate of drug-likeness (QED) is 0.782. The van der Waals surface area contributed by atoms with Gasteiger partial charge in [-0.05, 0) is 24.6 Å². The summed E-state index contributed by atoms with van der Waals surface area (Å²) in [5.74, 6) is 1.70. The van der Waals surface area contributed by atoms with E-state index in [1.807, 2.05) is 16.8 Å². The molecule has 3 heterocycles. The first-order chi connectivity index (χ1) is 10.3. The van der Waals surface area contributed by atoms with Crippen LogP contribution < -0.4 is 5.32 Å². The van der Waals surface area contributed by atoms with Crippen LogP contribution >= 0.6 is 0 Å². The number of hydrogen-bond acceptors (Lipinski definition) is 4. The van der Waals surface area contributed by atoms with Crippen molar-refractivity contribution in [2.75, 3.05) is 5.32 Å². The van der Waals surface area contributed by atoms with Crippen LogP contribution in [0.4, 0.5) is 5.95 Å². The number of nitrogens with zero attached hydrogens (tertiary/aromatic N) is 3. The zero-order valence-electron chi connectivity index (χ0n) is 11.7. The maximum absolute atomic E-state index is 5.59. The van der Waals surface area contributed by atoms with E-state index >= 15 is 0 Å². The Hall–Kier alpha value is -2.56. The molecule has 0 radical (unpaired) electrons. The molecule has 0 bridgehead atoms. The topological polar surface area (TPSA) is 55.9 Å². The highest BCUT2D eigenvalue weighted by atomic mass is 16.3. The summed E-state index contributed by atoms with van der Waals surface area (Å²) in [7, 11) is 0. The highest BCUT2D eigenvalue weighted by Crippen LogP contribution is 2.37. The van der Waals surface area contributed by atoms with Gasteiger partial charge >= 0.3 is 0 Å². The van der Waals surface area contributed by atoms with Gasteiger partial charge in [0.2, 0.25) is 5.95 Å². The van der Waals surface area contributed by atoms with E-state index in [4.69, 9.17) is 4.42 Å². The Bertz CT molecular complexity index is 730. The molecule has 0 spiro atoms. The molecule has 1 aromatic carbocycles. The molecule has 1 aliphatic rings. The lowest BCUT2D eigenvalue weighted by molar-refractivity contribution is 0.358. The van der Waals surface area contributed by atoms with Gasteiger partial charge in [-0.3, -0.25) is 0 Å². The van der Waals surface area contributed by atoms with E-state index in [1.54, 1.807) is 12.6 Å². The Labute approximate surface area is 122 Å². The number of fused-ring (bicyclic) bond motifs is 1. The second-order valence-electron chi connectivity index (χ2n) is 5.40. The summed E-state index contributed by atoms with van der Waals surface area (Å²) < 4.78 is 7.48. The summed E-state index contributed by atoms with van der Waals surface area (Å²) in [4.78, 5) is 4.31. The van der Waals surface area contributed by atoms with Crippen LogP contribution in [-0.2, 0) is 0 Å². The minimum atomic E-state index is 0.0741. The molecular weight excluding hydrogens is 264 g/mol. The molecule has 1 aliphatic heterocycles. The zero-order valence-corrected chi connectivity index (χ0v) is 11.7. The molecule has 3 aromatic rings. The molecule has 5 nitrogen and oxygen atoms in total. The molecule has 0 amide bonds. The maximum Gasteiger partial charge on any atom is 0.222 e. The fourth-order valence-electron chi connectivity index (χ4n) is 2.86. The van der Waals surface area contributed by atoms with Gasteiger partial charge in [-0.25, -0.2) is 4.68 Å². The van der Waals surface area contributed by atoms with Crippen molar-refractivity contribution in [3.63, 3.8) is 0 Å². The summed E-state index contributed by atoms with van der Waals surface area (Å²) in [6.07, 6.45) is 4.16. The summed E-state index contributed by atoms with van der Waals surface area (Å²) >= 11 is 0. The lowest BCUT2D eigenvalue weighted by atomic mass is 9.96. The van der Waals surface area contributed by atoms with Gasteiger partial charge in [0.05, 0.1) is 12.3 Å². The third-order valence-electron chi connectivity index (χ3n) is 3.98. The number of furan rings is 1. The maximum atomic E-state index is 5.59. The number of hydrogen-bond donors (Lipinski definition) is 1. The first kappa shape index (κ1) is 12.2. The van der Waals surface area contributed by atoms with Gasteiger partial charge in [0.1, 0.15) is 18.1 Å². The summed E-state index contributed by atoms with van der Waals surface area (Å²) in [5, 5.41) is 7.77. The number of nitrogens with one attached hydrogen (secondary N) is 1. The van der Waals surface area contributed by atoms with E-state index < -0.39 is 0 Å². The molecule has 106 valence electrons. The second-order valence-corrected chi connectivity index (χ2v) is 5.40. The Morgan fingerprint density at radius 3 is 2.86 bits per heavy atom. The monoisotopic (exact) mass is 280 g/mol. The molecule has 5 heteroatoms. The molecule has 2 atom stereocenters. The number of anilines is 1. The van der Waals surface area contributed by atoms with Crippen molar-refractivity contribution in [3.05, 3.63) is 65.9 Å². The van der Waals surface area contributed by atoms with Crippen molar-refractivity contribution in [2.24, 2.45) is 0 Å². The normalized spacial score (nSPS) is 20.8. The van der Waals surface area contributed by atoms with E-state index in [0.29, 0.717) is 0 Å². The van der Waals surface area contributed by atoms with Gasteiger partial charge < -0.3 is 9.73 Å². The first-order valence-corrected chi connectivity index (χ1v) is 7.07. The smallest absolute Gasteiger partial charge is 0.222 e. The molecule has 0 saturated carbocycles. The van der Waals surface area contributed by atoms with Gasteiger partial charge in [0.25, 0.3) is 0 Å². The number of benzene rings is 1. The molecule has 0 fully saturated rings. The fraction of sp³-hybridized carbons (Fsp3) is 0.250. The van der Waals surface area contributed by atoms with Crippen LogP contribution in [0.3, 0.4) is 0 Å². The molecule has 4 rings (SSSR count). The van der Waals surface area contributed by atoms with Gasteiger partial charge in [-0.2, -0.15) is 10.1 Å². The van der Waals surface area contributed by atoms with Crippen molar-refractivity contribution in [1.29, 1.82) is 0 Å². The van der Waals surface area contributed by atoms with E-state index in [0.717, 1.165) is 18.1 Å². The average molecular weight is 280 g/mol. The molecule has 1 N–H and O–H groups in total. The van der Waals surface area contributed by atoms with Crippen LogP contribution in [0, 0.1) is 6.92 Å². The van der Waals surface area contributed by atoms with E-state index in [2.05, 4.69) is 46.6 Å². The van der Waals surface area contributed by atoms with E-state index in [-0.39, 0.29) is 12.1 Å². The lowest BCUT2D eigenvalue weighted by Gasteiger charge is -2.30. The van der Waals surface area contributed by atoms with Crippen LogP contribution in [0.2, 0.25) is 0 Å². The average Bonchev–Trinajstić information content (AvgIpc) is 3.18. The standard InChI is InChI=1S/C16H16N4O/c1-11-4-6-12(7-5-11)13-9-14(15-3-2-8-21-15)20-16(19-13)17-10-18-20/h2-8,10,13-14H,9H2,1H3,(H,17,18,19)/t13-,14-/m0/s1. The Morgan fingerprint density at radius 2 is 2.10 bits per heavy atom. The Balaban J connectivity index is 1.72. The fourth-order valence-corrected chi connectivity index (χ4v) is 2.86. The second kappa shape index (κ2) is 4.77. The van der Waals surface area contributed by atoms with E-state index in [1.165, 1.54) is 11.1 Å². The molecule has 0 aliphatic carbocycles. The molecule has 0 saturated heterocycles. The number of aromatic nitrogens is 3. The van der Waals surface area contributed by atoms with E-state index in [9.17, 15) is 0 Å². The van der Waals surface area contributed by atoms with Crippen LogP contribution in [0.15, 0.2) is 53.4 Å². The van der Waals surface area contributed by atoms with Crippen molar-refractivity contribution < 1.29 is 4.42 Å². The lowest BCUT2D eigenvalue weighted by Crippen LogP contribution is -2.27. The minimum Gasteiger partial charge on any atom is -0.467 e. The third kappa shape index (κ3) is 2.11.